The molecule has 2 N–H and O–H groups in total. The SMILES string of the molecule is N=C1Cc2n[nH]nc2N=N1. The molecule has 0 bridgehead atoms. The number of hydrogen-bond acceptors (Lipinski definition) is 4. The van der Waals surface area contributed by atoms with Crippen molar-refractivity contribution < 1.29 is 0 Å². The van der Waals surface area contributed by atoms with Gasteiger partial charge in [0.2, 0.25) is 5.82 Å². The summed E-state index contributed by atoms with van der Waals surface area (Å²) in [6, 6.07) is 0. The summed E-state index contributed by atoms with van der Waals surface area (Å²) in [6.07, 6.45) is 0.426. The highest BCUT2D eigenvalue weighted by atomic mass is 15.4. The molecule has 6 heteroatoms. The number of nitrogens with zero attached hydrogens (tertiary/aromatic N) is 4. The quantitative estimate of drug-likeness (QED) is 0.541. The maximum Gasteiger partial charge on any atom is 0.219 e. The smallest absolute Gasteiger partial charge is 0.219 e. The van der Waals surface area contributed by atoms with E-state index in [-0.39, 0.29) is 5.84 Å². The van der Waals surface area contributed by atoms with Crippen LogP contribution in [-0.2, 0) is 6.42 Å². The first-order valence-corrected chi connectivity index (χ1v) is 2.75. The minimum absolute atomic E-state index is 0.224. The van der Waals surface area contributed by atoms with Crippen LogP contribution in [0.2, 0.25) is 0 Å². The van der Waals surface area contributed by atoms with Crippen molar-refractivity contribution in [3.63, 3.8) is 0 Å². The predicted molar refractivity (Wildman–Crippen MR) is 32.3 cm³/mol. The number of H-pyrrole nitrogens is 1. The molecule has 0 aliphatic carbocycles. The number of azo groups is 1. The lowest BCUT2D eigenvalue weighted by atomic mass is 10.3. The monoisotopic (exact) mass is 136 g/mol. The molecule has 0 amide bonds. The third-order valence-corrected chi connectivity index (χ3v) is 1.20. The van der Waals surface area contributed by atoms with E-state index in [0.29, 0.717) is 17.9 Å². The van der Waals surface area contributed by atoms with E-state index in [2.05, 4.69) is 25.6 Å². The van der Waals surface area contributed by atoms with E-state index in [0.717, 1.165) is 0 Å². The Morgan fingerprint density at radius 1 is 1.30 bits per heavy atom. The highest BCUT2D eigenvalue weighted by Gasteiger charge is 2.13. The average Bonchev–Trinajstić information content (AvgIpc) is 2.33. The van der Waals surface area contributed by atoms with Crippen molar-refractivity contribution in [1.29, 1.82) is 5.41 Å². The van der Waals surface area contributed by atoms with Crippen molar-refractivity contribution in [3.8, 4) is 0 Å². The molecule has 1 aliphatic rings. The summed E-state index contributed by atoms with van der Waals surface area (Å²) in [5.74, 6) is 0.720. The average molecular weight is 136 g/mol. The fourth-order valence-electron chi connectivity index (χ4n) is 0.748. The molecule has 0 unspecified atom stereocenters. The summed E-state index contributed by atoms with van der Waals surface area (Å²) in [4.78, 5) is 0. The van der Waals surface area contributed by atoms with E-state index >= 15 is 0 Å². The molecule has 2 rings (SSSR count). The maximum atomic E-state index is 7.12. The number of aromatic amines is 1. The molecular formula is C4H4N6. The highest BCUT2D eigenvalue weighted by molar-refractivity contribution is 5.83. The molecule has 1 aliphatic heterocycles. The Labute approximate surface area is 55.9 Å². The Kier molecular flexibility index (Phi) is 0.883. The Morgan fingerprint density at radius 2 is 2.20 bits per heavy atom. The van der Waals surface area contributed by atoms with Crippen molar-refractivity contribution >= 4 is 11.7 Å². The first-order chi connectivity index (χ1) is 4.86. The summed E-state index contributed by atoms with van der Waals surface area (Å²) in [5, 5.41) is 24.2. The zero-order valence-electron chi connectivity index (χ0n) is 5.00. The molecule has 0 aromatic carbocycles. The minimum Gasteiger partial charge on any atom is -0.285 e. The van der Waals surface area contributed by atoms with Crippen molar-refractivity contribution in [2.24, 2.45) is 10.2 Å². The van der Waals surface area contributed by atoms with Crippen molar-refractivity contribution in [1.82, 2.24) is 15.4 Å². The zero-order valence-corrected chi connectivity index (χ0v) is 5.00. The van der Waals surface area contributed by atoms with Crippen molar-refractivity contribution in [3.05, 3.63) is 5.69 Å². The van der Waals surface area contributed by atoms with Crippen LogP contribution < -0.4 is 0 Å². The van der Waals surface area contributed by atoms with E-state index < -0.39 is 0 Å². The fraction of sp³-hybridized carbons (Fsp3) is 0.250. The molecule has 0 fully saturated rings. The van der Waals surface area contributed by atoms with Crippen molar-refractivity contribution in [2.45, 2.75) is 6.42 Å². The highest BCUT2D eigenvalue weighted by Crippen LogP contribution is 2.17. The lowest BCUT2D eigenvalue weighted by Gasteiger charge is -1.97. The van der Waals surface area contributed by atoms with Crippen LogP contribution in [0.4, 0.5) is 5.82 Å². The second-order valence-corrected chi connectivity index (χ2v) is 1.92. The Morgan fingerprint density at radius 3 is 3.10 bits per heavy atom. The van der Waals surface area contributed by atoms with Crippen LogP contribution in [0.1, 0.15) is 5.69 Å². The number of fused-ring (bicyclic) bond motifs is 1. The molecule has 6 nitrogen and oxygen atoms in total. The minimum atomic E-state index is 0.224. The summed E-state index contributed by atoms with van der Waals surface area (Å²) in [5.41, 5.74) is 0.694. The van der Waals surface area contributed by atoms with Crippen LogP contribution in [0.25, 0.3) is 0 Å². The molecule has 2 heterocycles. The van der Waals surface area contributed by atoms with Gasteiger partial charge in [0.25, 0.3) is 0 Å². The van der Waals surface area contributed by atoms with Crippen LogP contribution in [0.15, 0.2) is 10.2 Å². The van der Waals surface area contributed by atoms with Gasteiger partial charge in [-0.25, -0.2) is 0 Å². The van der Waals surface area contributed by atoms with Gasteiger partial charge in [-0.1, -0.05) is 0 Å². The second-order valence-electron chi connectivity index (χ2n) is 1.92. The Balaban J connectivity index is 2.52. The second kappa shape index (κ2) is 1.69. The molecule has 0 saturated heterocycles. The molecular weight excluding hydrogens is 132 g/mol. The molecule has 0 saturated carbocycles. The molecule has 0 radical (unpaired) electrons. The van der Waals surface area contributed by atoms with Crippen LogP contribution in [0.3, 0.4) is 0 Å². The first-order valence-electron chi connectivity index (χ1n) is 2.75. The van der Waals surface area contributed by atoms with Gasteiger partial charge in [-0.05, 0) is 0 Å². The molecule has 1 aromatic rings. The number of nitrogens with one attached hydrogen (secondary N) is 2. The van der Waals surface area contributed by atoms with Gasteiger partial charge < -0.3 is 0 Å². The van der Waals surface area contributed by atoms with E-state index in [1.54, 1.807) is 0 Å². The fourth-order valence-corrected chi connectivity index (χ4v) is 0.748. The van der Waals surface area contributed by atoms with Crippen molar-refractivity contribution in [2.75, 3.05) is 0 Å². The van der Waals surface area contributed by atoms with Gasteiger partial charge in [0.1, 0.15) is 11.5 Å². The molecule has 1 aromatic heterocycles. The lowest BCUT2D eigenvalue weighted by molar-refractivity contribution is 0.924. The number of amidine groups is 1. The molecule has 0 atom stereocenters. The standard InChI is InChI=1S/C4H4N6/c5-3-1-2-4(8-7-3)9-10-6-2/h5H,1H2,(H,6,9,10). The molecule has 0 spiro atoms. The van der Waals surface area contributed by atoms with E-state index in [9.17, 15) is 0 Å². The van der Waals surface area contributed by atoms with Gasteiger partial charge in [0.15, 0.2) is 0 Å². The van der Waals surface area contributed by atoms with E-state index in [1.165, 1.54) is 0 Å². The molecule has 50 valence electrons. The summed E-state index contributed by atoms with van der Waals surface area (Å²) in [7, 11) is 0. The predicted octanol–water partition coefficient (Wildman–Crippen LogP) is 0.422. The number of aromatic nitrogens is 3. The number of hydrogen-bond donors (Lipinski definition) is 2. The Bertz CT molecular complexity index is 296. The van der Waals surface area contributed by atoms with Crippen LogP contribution >= 0.6 is 0 Å². The third kappa shape index (κ3) is 0.619. The summed E-state index contributed by atoms with van der Waals surface area (Å²) < 4.78 is 0. The van der Waals surface area contributed by atoms with Crippen LogP contribution in [0.5, 0.6) is 0 Å². The number of rotatable bonds is 0. The largest absolute Gasteiger partial charge is 0.285 e. The van der Waals surface area contributed by atoms with Gasteiger partial charge in [-0.2, -0.15) is 10.3 Å². The van der Waals surface area contributed by atoms with Gasteiger partial charge in [-0.15, -0.1) is 15.3 Å². The van der Waals surface area contributed by atoms with Gasteiger partial charge in [0, 0.05) is 0 Å². The van der Waals surface area contributed by atoms with Crippen LogP contribution in [-0.4, -0.2) is 21.2 Å². The topological polar surface area (TPSA) is 90.1 Å². The summed E-state index contributed by atoms with van der Waals surface area (Å²) in [6.45, 7) is 0. The van der Waals surface area contributed by atoms with E-state index in [1.807, 2.05) is 0 Å². The van der Waals surface area contributed by atoms with Gasteiger partial charge in [-0.3, -0.25) is 5.41 Å². The van der Waals surface area contributed by atoms with Gasteiger partial charge in [0.05, 0.1) is 6.42 Å². The first kappa shape index (κ1) is 5.21. The maximum absolute atomic E-state index is 7.12. The Hall–Kier alpha value is -1.59. The normalized spacial score (nSPS) is 15.4. The van der Waals surface area contributed by atoms with Crippen LogP contribution in [0, 0.1) is 5.41 Å². The van der Waals surface area contributed by atoms with E-state index in [4.69, 9.17) is 5.41 Å². The molecule has 10 heavy (non-hydrogen) atoms. The lowest BCUT2D eigenvalue weighted by Crippen LogP contribution is -2.01. The third-order valence-electron chi connectivity index (χ3n) is 1.20. The zero-order chi connectivity index (χ0) is 6.97. The summed E-state index contributed by atoms with van der Waals surface area (Å²) >= 11 is 0. The van der Waals surface area contributed by atoms with Gasteiger partial charge >= 0.3 is 0 Å².